The van der Waals surface area contributed by atoms with Gasteiger partial charge in [-0.3, -0.25) is 4.79 Å². The van der Waals surface area contributed by atoms with Gasteiger partial charge in [0.15, 0.2) is 0 Å². The van der Waals surface area contributed by atoms with E-state index in [2.05, 4.69) is 42.4 Å². The molecule has 1 atom stereocenters. The highest BCUT2D eigenvalue weighted by atomic mass is 16.5. The van der Waals surface area contributed by atoms with Crippen LogP contribution in [0.3, 0.4) is 0 Å². The van der Waals surface area contributed by atoms with Crippen LogP contribution in [0.5, 0.6) is 0 Å². The minimum absolute atomic E-state index is 0.0911. The van der Waals surface area contributed by atoms with Crippen molar-refractivity contribution >= 4 is 11.7 Å². The van der Waals surface area contributed by atoms with Crippen LogP contribution in [0.15, 0.2) is 47.1 Å². The summed E-state index contributed by atoms with van der Waals surface area (Å²) in [5.74, 6) is -0.175. The van der Waals surface area contributed by atoms with Crippen molar-refractivity contribution in [2.75, 3.05) is 26.3 Å². The molecule has 26 heavy (non-hydrogen) atoms. The zero-order valence-corrected chi connectivity index (χ0v) is 16.0. The Balaban J connectivity index is 1.88. The summed E-state index contributed by atoms with van der Waals surface area (Å²) in [5.41, 5.74) is 1.57. The Labute approximate surface area is 155 Å². The van der Waals surface area contributed by atoms with Crippen LogP contribution >= 0.6 is 0 Å². The molecule has 6 nitrogen and oxygen atoms in total. The predicted molar refractivity (Wildman–Crippen MR) is 103 cm³/mol. The monoisotopic (exact) mass is 356 g/mol. The summed E-state index contributed by atoms with van der Waals surface area (Å²) in [6.07, 6.45) is 2.09. The van der Waals surface area contributed by atoms with Crippen LogP contribution in [0.2, 0.25) is 0 Å². The van der Waals surface area contributed by atoms with E-state index in [1.54, 1.807) is 12.1 Å². The van der Waals surface area contributed by atoms with E-state index in [1.165, 1.54) is 0 Å². The summed E-state index contributed by atoms with van der Waals surface area (Å²) in [6, 6.07) is 9.21. The summed E-state index contributed by atoms with van der Waals surface area (Å²) in [5, 5.41) is 6.47. The van der Waals surface area contributed by atoms with E-state index in [9.17, 15) is 4.79 Å². The highest BCUT2D eigenvalue weighted by Crippen LogP contribution is 2.28. The van der Waals surface area contributed by atoms with E-state index < -0.39 is 5.79 Å². The zero-order chi connectivity index (χ0) is 18.8. The molecule has 0 saturated carbocycles. The first-order valence-corrected chi connectivity index (χ1v) is 9.07. The normalized spacial score (nSPS) is 23.6. The van der Waals surface area contributed by atoms with Crippen molar-refractivity contribution in [3.05, 3.63) is 47.7 Å². The van der Waals surface area contributed by atoms with Gasteiger partial charge in [-0.2, -0.15) is 0 Å². The number of aliphatic imine (C=N–C) groups is 1. The zero-order valence-electron chi connectivity index (χ0n) is 16.0. The van der Waals surface area contributed by atoms with Crippen LogP contribution in [0.4, 0.5) is 0 Å². The van der Waals surface area contributed by atoms with Gasteiger partial charge in [-0.1, -0.05) is 39.0 Å². The van der Waals surface area contributed by atoms with Gasteiger partial charge in [0.25, 0.3) is 5.91 Å². The second kappa shape index (κ2) is 7.11. The molecule has 6 heteroatoms. The number of carbonyl (C=O) groups is 1. The molecule has 2 heterocycles. The molecule has 2 aliphatic rings. The van der Waals surface area contributed by atoms with Crippen molar-refractivity contribution < 1.29 is 9.53 Å². The first kappa shape index (κ1) is 18.5. The van der Waals surface area contributed by atoms with Crippen molar-refractivity contribution in [1.29, 1.82) is 0 Å². The van der Waals surface area contributed by atoms with E-state index in [0.717, 1.165) is 24.6 Å². The van der Waals surface area contributed by atoms with Gasteiger partial charge < -0.3 is 20.3 Å². The Bertz CT molecular complexity index is 715. The fourth-order valence-electron chi connectivity index (χ4n) is 3.02. The van der Waals surface area contributed by atoms with Gasteiger partial charge in [0.1, 0.15) is 5.84 Å². The average Bonchev–Trinajstić information content (AvgIpc) is 2.61. The molecule has 0 aromatic heterocycles. The quantitative estimate of drug-likeness (QED) is 0.854. The average molecular weight is 356 g/mol. The molecule has 2 aliphatic heterocycles. The highest BCUT2D eigenvalue weighted by molar-refractivity contribution is 5.97. The van der Waals surface area contributed by atoms with Crippen molar-refractivity contribution in [2.45, 2.75) is 33.5 Å². The molecule has 140 valence electrons. The SMILES string of the molecule is CC1(NC(=O)c2ccccc2)N=C(N2CCOCC2)C=C(C(C)(C)C)N1. The molecule has 1 fully saturated rings. The topological polar surface area (TPSA) is 66.0 Å². The number of amides is 1. The number of ether oxygens (including phenoxy) is 1. The Morgan fingerprint density at radius 1 is 1.23 bits per heavy atom. The highest BCUT2D eigenvalue weighted by Gasteiger charge is 2.35. The molecule has 0 bridgehead atoms. The smallest absolute Gasteiger partial charge is 0.254 e. The maximum Gasteiger partial charge on any atom is 0.254 e. The third kappa shape index (κ3) is 4.25. The number of hydrogen-bond acceptors (Lipinski definition) is 5. The standard InChI is InChI=1S/C20H28N4O2/c1-19(2,3)16-14-17(24-10-12-26-13-11-24)22-20(4,21-16)23-18(25)15-8-6-5-7-9-15/h5-9,14,21H,10-13H2,1-4H3,(H,23,25). The summed E-state index contributed by atoms with van der Waals surface area (Å²) in [7, 11) is 0. The molecular formula is C20H28N4O2. The van der Waals surface area contributed by atoms with Crippen LogP contribution in [-0.4, -0.2) is 48.7 Å². The van der Waals surface area contributed by atoms with Gasteiger partial charge in [-0.05, 0) is 19.1 Å². The van der Waals surface area contributed by atoms with Gasteiger partial charge >= 0.3 is 0 Å². The number of allylic oxidation sites excluding steroid dienone is 1. The largest absolute Gasteiger partial charge is 0.378 e. The number of nitrogens with one attached hydrogen (secondary N) is 2. The van der Waals surface area contributed by atoms with Gasteiger partial charge in [-0.15, -0.1) is 0 Å². The second-order valence-corrected chi connectivity index (χ2v) is 7.89. The molecule has 0 radical (unpaired) electrons. The minimum atomic E-state index is -0.905. The van der Waals surface area contributed by atoms with Crippen molar-refractivity contribution in [3.63, 3.8) is 0 Å². The lowest BCUT2D eigenvalue weighted by Crippen LogP contribution is -2.59. The molecule has 2 N–H and O–H groups in total. The second-order valence-electron chi connectivity index (χ2n) is 7.89. The van der Waals surface area contributed by atoms with Gasteiger partial charge in [-0.25, -0.2) is 4.99 Å². The van der Waals surface area contributed by atoms with Crippen molar-refractivity contribution in [1.82, 2.24) is 15.5 Å². The molecule has 0 spiro atoms. The molecule has 1 saturated heterocycles. The third-order valence-electron chi connectivity index (χ3n) is 4.53. The van der Waals surface area contributed by atoms with Crippen LogP contribution in [0.1, 0.15) is 38.1 Å². The Morgan fingerprint density at radius 3 is 2.50 bits per heavy atom. The lowest BCUT2D eigenvalue weighted by Gasteiger charge is -2.41. The molecule has 1 amide bonds. The number of hydrogen-bond donors (Lipinski definition) is 2. The van der Waals surface area contributed by atoms with Gasteiger partial charge in [0.2, 0.25) is 5.79 Å². The molecule has 0 aliphatic carbocycles. The number of benzene rings is 1. The summed E-state index contributed by atoms with van der Waals surface area (Å²) < 4.78 is 5.46. The maximum atomic E-state index is 12.7. The van der Waals surface area contributed by atoms with E-state index in [1.807, 2.05) is 25.1 Å². The molecule has 3 rings (SSSR count). The number of carbonyl (C=O) groups excluding carboxylic acids is 1. The van der Waals surface area contributed by atoms with E-state index >= 15 is 0 Å². The maximum absolute atomic E-state index is 12.7. The summed E-state index contributed by atoms with van der Waals surface area (Å²) in [6.45, 7) is 11.3. The minimum Gasteiger partial charge on any atom is -0.378 e. The number of morpholine rings is 1. The number of amidine groups is 1. The molecule has 1 aromatic rings. The molecule has 1 unspecified atom stereocenters. The van der Waals surface area contributed by atoms with Crippen LogP contribution < -0.4 is 10.6 Å². The lowest BCUT2D eigenvalue weighted by molar-refractivity contribution is 0.0671. The van der Waals surface area contributed by atoms with Gasteiger partial charge in [0, 0.05) is 35.8 Å². The lowest BCUT2D eigenvalue weighted by atomic mass is 9.90. The first-order chi connectivity index (χ1) is 12.3. The summed E-state index contributed by atoms with van der Waals surface area (Å²) >= 11 is 0. The van der Waals surface area contributed by atoms with E-state index in [-0.39, 0.29) is 11.3 Å². The number of rotatable bonds is 2. The summed E-state index contributed by atoms with van der Waals surface area (Å²) in [4.78, 5) is 19.7. The van der Waals surface area contributed by atoms with E-state index in [4.69, 9.17) is 9.73 Å². The third-order valence-corrected chi connectivity index (χ3v) is 4.53. The van der Waals surface area contributed by atoms with Crippen molar-refractivity contribution in [2.24, 2.45) is 10.4 Å². The fraction of sp³-hybridized carbons (Fsp3) is 0.500. The number of nitrogens with zero attached hydrogens (tertiary/aromatic N) is 2. The predicted octanol–water partition coefficient (Wildman–Crippen LogP) is 2.35. The van der Waals surface area contributed by atoms with E-state index in [0.29, 0.717) is 18.8 Å². The van der Waals surface area contributed by atoms with Gasteiger partial charge in [0.05, 0.1) is 13.2 Å². The molecular weight excluding hydrogens is 328 g/mol. The molecule has 1 aromatic carbocycles. The Hall–Kier alpha value is -2.34. The Morgan fingerprint density at radius 2 is 1.88 bits per heavy atom. The van der Waals surface area contributed by atoms with Crippen LogP contribution in [0, 0.1) is 5.41 Å². The first-order valence-electron chi connectivity index (χ1n) is 9.07. The van der Waals surface area contributed by atoms with Crippen molar-refractivity contribution in [3.8, 4) is 0 Å². The fourth-order valence-corrected chi connectivity index (χ4v) is 3.02. The Kier molecular flexibility index (Phi) is 5.05. The van der Waals surface area contributed by atoms with Crippen LogP contribution in [0.25, 0.3) is 0 Å². The van der Waals surface area contributed by atoms with Crippen LogP contribution in [-0.2, 0) is 4.74 Å².